The van der Waals surface area contributed by atoms with Crippen molar-refractivity contribution < 1.29 is 4.84 Å². The van der Waals surface area contributed by atoms with E-state index in [0.717, 1.165) is 39.3 Å². The van der Waals surface area contributed by atoms with E-state index >= 15 is 0 Å². The summed E-state index contributed by atoms with van der Waals surface area (Å²) in [5, 5.41) is 3.39. The number of nitrogens with two attached hydrogens (primary N) is 1. The minimum Gasteiger partial charge on any atom is -0.383 e. The van der Waals surface area contributed by atoms with Crippen molar-refractivity contribution in [3.8, 4) is 0 Å². The molecule has 0 aliphatic carbocycles. The van der Waals surface area contributed by atoms with Crippen LogP contribution < -0.4 is 11.2 Å². The van der Waals surface area contributed by atoms with Gasteiger partial charge in [-0.05, 0) is 32.9 Å². The number of hydrogen-bond acceptors (Lipinski definition) is 5. The van der Waals surface area contributed by atoms with E-state index in [1.807, 2.05) is 13.8 Å². The van der Waals surface area contributed by atoms with Crippen molar-refractivity contribution in [2.24, 2.45) is 5.90 Å². The lowest BCUT2D eigenvalue weighted by atomic mass is 10.1. The Kier molecular flexibility index (Phi) is 4.50. The zero-order valence-electron chi connectivity index (χ0n) is 12.3. The molecule has 1 fully saturated rings. The van der Waals surface area contributed by atoms with Gasteiger partial charge in [0.1, 0.15) is 0 Å². The number of dihydropyridines is 1. The standard InChI is InChI=1S/C14H26N4O/c1-12-4-5-13(10-16-12)18-8-6-17(7-9-18)11-14(2,3)19-15/h4-5,16H,6-11,15H2,1-3H3. The Hall–Kier alpha value is -1.04. The van der Waals surface area contributed by atoms with Gasteiger partial charge < -0.3 is 10.2 Å². The minimum absolute atomic E-state index is 0.270. The SMILES string of the molecule is CC1=CC=C(N2CCN(CC(C)(C)ON)CC2)CN1. The summed E-state index contributed by atoms with van der Waals surface area (Å²) in [4.78, 5) is 9.89. The smallest absolute Gasteiger partial charge is 0.0963 e. The highest BCUT2D eigenvalue weighted by atomic mass is 16.6. The molecule has 108 valence electrons. The fourth-order valence-electron chi connectivity index (χ4n) is 2.56. The molecule has 2 heterocycles. The topological polar surface area (TPSA) is 53.8 Å². The van der Waals surface area contributed by atoms with Crippen molar-refractivity contribution in [1.82, 2.24) is 15.1 Å². The lowest BCUT2D eigenvalue weighted by Crippen LogP contribution is -2.52. The van der Waals surface area contributed by atoms with Gasteiger partial charge in [-0.3, -0.25) is 9.74 Å². The van der Waals surface area contributed by atoms with Gasteiger partial charge in [-0.15, -0.1) is 0 Å². The van der Waals surface area contributed by atoms with Crippen molar-refractivity contribution in [3.05, 3.63) is 23.5 Å². The van der Waals surface area contributed by atoms with Crippen LogP contribution in [0.4, 0.5) is 0 Å². The van der Waals surface area contributed by atoms with Gasteiger partial charge in [0.25, 0.3) is 0 Å². The number of nitrogens with zero attached hydrogens (tertiary/aromatic N) is 2. The molecule has 1 saturated heterocycles. The summed E-state index contributed by atoms with van der Waals surface area (Å²) in [6.07, 6.45) is 4.38. The first-order valence-electron chi connectivity index (χ1n) is 6.97. The highest BCUT2D eigenvalue weighted by Crippen LogP contribution is 2.15. The van der Waals surface area contributed by atoms with Gasteiger partial charge in [-0.2, -0.15) is 0 Å². The molecule has 0 aromatic carbocycles. The molecule has 3 N–H and O–H groups in total. The van der Waals surface area contributed by atoms with E-state index in [1.54, 1.807) is 0 Å². The van der Waals surface area contributed by atoms with Crippen LogP contribution in [0.2, 0.25) is 0 Å². The van der Waals surface area contributed by atoms with Crippen LogP contribution in [0, 0.1) is 0 Å². The highest BCUT2D eigenvalue weighted by molar-refractivity contribution is 5.22. The van der Waals surface area contributed by atoms with Crippen molar-refractivity contribution >= 4 is 0 Å². The Bertz CT molecular complexity index is 368. The first-order chi connectivity index (χ1) is 9.00. The van der Waals surface area contributed by atoms with Crippen LogP contribution in [0.3, 0.4) is 0 Å². The molecule has 0 radical (unpaired) electrons. The normalized spacial score (nSPS) is 21.8. The van der Waals surface area contributed by atoms with E-state index in [9.17, 15) is 0 Å². The lowest BCUT2D eigenvalue weighted by Gasteiger charge is -2.40. The zero-order valence-corrected chi connectivity index (χ0v) is 12.3. The summed E-state index contributed by atoms with van der Waals surface area (Å²) in [5.74, 6) is 5.32. The monoisotopic (exact) mass is 266 g/mol. The van der Waals surface area contributed by atoms with Crippen molar-refractivity contribution in [2.45, 2.75) is 26.4 Å². The Balaban J connectivity index is 1.83. The fraction of sp³-hybridized carbons (Fsp3) is 0.714. The molecule has 2 rings (SSSR count). The average Bonchev–Trinajstić information content (AvgIpc) is 2.40. The van der Waals surface area contributed by atoms with Gasteiger partial charge in [0.15, 0.2) is 0 Å². The van der Waals surface area contributed by atoms with Crippen molar-refractivity contribution in [3.63, 3.8) is 0 Å². The highest BCUT2D eigenvalue weighted by Gasteiger charge is 2.25. The molecule has 19 heavy (non-hydrogen) atoms. The van der Waals surface area contributed by atoms with E-state index in [2.05, 4.69) is 34.2 Å². The van der Waals surface area contributed by atoms with E-state index in [-0.39, 0.29) is 5.60 Å². The van der Waals surface area contributed by atoms with Gasteiger partial charge in [0.2, 0.25) is 0 Å². The molecule has 2 aliphatic rings. The second-order valence-electron chi connectivity index (χ2n) is 6.00. The van der Waals surface area contributed by atoms with Crippen LogP contribution in [0.5, 0.6) is 0 Å². The van der Waals surface area contributed by atoms with Crippen molar-refractivity contribution in [2.75, 3.05) is 39.3 Å². The number of rotatable bonds is 4. The van der Waals surface area contributed by atoms with Crippen LogP contribution in [0.15, 0.2) is 23.5 Å². The van der Waals surface area contributed by atoms with Crippen LogP contribution in [-0.2, 0) is 4.84 Å². The van der Waals surface area contributed by atoms with E-state index in [4.69, 9.17) is 10.7 Å². The fourth-order valence-corrected chi connectivity index (χ4v) is 2.56. The molecule has 0 saturated carbocycles. The van der Waals surface area contributed by atoms with Gasteiger partial charge in [0.05, 0.1) is 12.1 Å². The first-order valence-corrected chi connectivity index (χ1v) is 6.97. The maximum atomic E-state index is 5.32. The van der Waals surface area contributed by atoms with Crippen LogP contribution in [-0.4, -0.2) is 54.7 Å². The molecule has 0 aromatic heterocycles. The van der Waals surface area contributed by atoms with E-state index < -0.39 is 0 Å². The summed E-state index contributed by atoms with van der Waals surface area (Å²) in [5.41, 5.74) is 2.36. The molecule has 2 aliphatic heterocycles. The third kappa shape index (κ3) is 3.96. The quantitative estimate of drug-likeness (QED) is 0.732. The zero-order chi connectivity index (χ0) is 13.9. The molecule has 5 heteroatoms. The van der Waals surface area contributed by atoms with Crippen LogP contribution in [0.25, 0.3) is 0 Å². The maximum absolute atomic E-state index is 5.32. The summed E-state index contributed by atoms with van der Waals surface area (Å²) in [6, 6.07) is 0. The molecule has 0 unspecified atom stereocenters. The Morgan fingerprint density at radius 2 is 1.95 bits per heavy atom. The predicted molar refractivity (Wildman–Crippen MR) is 77.2 cm³/mol. The van der Waals surface area contributed by atoms with E-state index in [0.29, 0.717) is 0 Å². The van der Waals surface area contributed by atoms with Gasteiger partial charge in [-0.1, -0.05) is 0 Å². The summed E-state index contributed by atoms with van der Waals surface area (Å²) in [7, 11) is 0. The van der Waals surface area contributed by atoms with Gasteiger partial charge >= 0.3 is 0 Å². The predicted octanol–water partition coefficient (Wildman–Crippen LogP) is 0.664. The first kappa shape index (κ1) is 14.4. The summed E-state index contributed by atoms with van der Waals surface area (Å²) in [6.45, 7) is 12.2. The third-order valence-corrected chi connectivity index (χ3v) is 3.78. The Morgan fingerprint density at radius 3 is 2.47 bits per heavy atom. The number of nitrogens with one attached hydrogen (secondary N) is 1. The molecule has 0 aromatic rings. The number of hydrogen-bond donors (Lipinski definition) is 2. The van der Waals surface area contributed by atoms with Crippen LogP contribution >= 0.6 is 0 Å². The number of allylic oxidation sites excluding steroid dienone is 3. The molecule has 5 nitrogen and oxygen atoms in total. The summed E-state index contributed by atoms with van der Waals surface area (Å²) < 4.78 is 0. The van der Waals surface area contributed by atoms with Gasteiger partial charge in [0, 0.05) is 44.1 Å². The molecule has 0 atom stereocenters. The molecule has 0 bridgehead atoms. The second-order valence-corrected chi connectivity index (χ2v) is 6.00. The Morgan fingerprint density at radius 1 is 1.26 bits per heavy atom. The molecular weight excluding hydrogens is 240 g/mol. The molecule has 0 amide bonds. The van der Waals surface area contributed by atoms with Gasteiger partial charge in [-0.25, -0.2) is 5.90 Å². The third-order valence-electron chi connectivity index (χ3n) is 3.78. The maximum Gasteiger partial charge on any atom is 0.0963 e. The average molecular weight is 266 g/mol. The minimum atomic E-state index is -0.270. The second kappa shape index (κ2) is 5.94. The lowest BCUT2D eigenvalue weighted by molar-refractivity contribution is -0.0479. The molecular formula is C14H26N4O. The Labute approximate surface area is 116 Å². The summed E-state index contributed by atoms with van der Waals surface area (Å²) >= 11 is 0. The number of piperazine rings is 1. The van der Waals surface area contributed by atoms with E-state index in [1.165, 1.54) is 11.4 Å². The van der Waals surface area contributed by atoms with Crippen LogP contribution in [0.1, 0.15) is 20.8 Å². The van der Waals surface area contributed by atoms with Crippen molar-refractivity contribution in [1.29, 1.82) is 0 Å². The largest absolute Gasteiger partial charge is 0.383 e. The molecule has 0 spiro atoms.